The van der Waals surface area contributed by atoms with Crippen LogP contribution in [0.4, 0.5) is 18.9 Å². The van der Waals surface area contributed by atoms with E-state index in [1.54, 1.807) is 12.4 Å². The van der Waals surface area contributed by atoms with Gasteiger partial charge in [0.2, 0.25) is 0 Å². The Bertz CT molecular complexity index is 1450. The Morgan fingerprint density at radius 1 is 1.18 bits per heavy atom. The van der Waals surface area contributed by atoms with Gasteiger partial charge in [0.25, 0.3) is 11.5 Å². The number of hydrogen-bond acceptors (Lipinski definition) is 5. The van der Waals surface area contributed by atoms with E-state index in [1.165, 1.54) is 25.3 Å². The zero-order valence-corrected chi connectivity index (χ0v) is 23.0. The quantitative estimate of drug-likeness (QED) is 0.396. The molecular formula is C29H35F3N6O2. The molecule has 3 aromatic rings. The summed E-state index contributed by atoms with van der Waals surface area (Å²) in [4.78, 5) is 26.3. The van der Waals surface area contributed by atoms with Crippen LogP contribution in [0.5, 0.6) is 0 Å². The molecule has 2 saturated carbocycles. The molecule has 2 fully saturated rings. The van der Waals surface area contributed by atoms with E-state index in [0.29, 0.717) is 33.7 Å². The molecule has 2 heterocycles. The highest BCUT2D eigenvalue weighted by Crippen LogP contribution is 2.66. The molecule has 2 N–H and O–H groups in total. The maximum Gasteiger partial charge on any atom is 0.406 e. The molecule has 0 unspecified atom stereocenters. The molecule has 214 valence electrons. The number of hydrogen-bond donors (Lipinski definition) is 2. The van der Waals surface area contributed by atoms with Gasteiger partial charge in [-0.2, -0.15) is 13.2 Å². The Kier molecular flexibility index (Phi) is 7.37. The first-order valence-electron chi connectivity index (χ1n) is 13.7. The maximum absolute atomic E-state index is 13.3. The highest BCUT2D eigenvalue weighted by atomic mass is 19.4. The first kappa shape index (κ1) is 28.1. The van der Waals surface area contributed by atoms with Gasteiger partial charge in [-0.25, -0.2) is 0 Å². The largest absolute Gasteiger partial charge is 0.406 e. The van der Waals surface area contributed by atoms with Crippen molar-refractivity contribution in [3.63, 3.8) is 0 Å². The fourth-order valence-electron chi connectivity index (χ4n) is 6.33. The molecule has 40 heavy (non-hydrogen) atoms. The summed E-state index contributed by atoms with van der Waals surface area (Å²) in [6.07, 6.45) is 3.73. The van der Waals surface area contributed by atoms with E-state index in [-0.39, 0.29) is 17.5 Å². The summed E-state index contributed by atoms with van der Waals surface area (Å²) < 4.78 is 42.2. The Balaban J connectivity index is 1.43. The first-order chi connectivity index (χ1) is 18.9. The average Bonchev–Trinajstić information content (AvgIpc) is 3.25. The topological polar surface area (TPSA) is 93.8 Å². The predicted octanol–water partition coefficient (Wildman–Crippen LogP) is 4.79. The number of halogens is 3. The number of carbonyl (C=O) groups excluding carboxylic acids is 1. The van der Waals surface area contributed by atoms with Gasteiger partial charge in [-0.1, -0.05) is 32.4 Å². The highest BCUT2D eigenvalue weighted by molar-refractivity contribution is 6.04. The van der Waals surface area contributed by atoms with Crippen LogP contribution in [-0.4, -0.2) is 38.0 Å². The van der Waals surface area contributed by atoms with Crippen LogP contribution in [-0.2, 0) is 25.6 Å². The highest BCUT2D eigenvalue weighted by Gasteiger charge is 2.60. The molecule has 1 amide bonds. The number of aromatic nitrogens is 4. The molecule has 8 nitrogen and oxygen atoms in total. The van der Waals surface area contributed by atoms with Crippen molar-refractivity contribution < 1.29 is 18.0 Å². The Morgan fingerprint density at radius 2 is 1.93 bits per heavy atom. The van der Waals surface area contributed by atoms with Crippen molar-refractivity contribution in [3.05, 3.63) is 75.7 Å². The number of amides is 1. The SMILES string of the molecule is CC(C)CNCc1cc(C(=O)Nc2cccc(C3(c4nncn4C)CC4(CCC4)C3)c2)c(=O)n(CC(F)(F)F)c1. The van der Waals surface area contributed by atoms with Gasteiger partial charge >= 0.3 is 6.18 Å². The molecule has 1 aromatic carbocycles. The van der Waals surface area contributed by atoms with Crippen LogP contribution >= 0.6 is 0 Å². The lowest BCUT2D eigenvalue weighted by atomic mass is 9.43. The number of alkyl halides is 3. The lowest BCUT2D eigenvalue weighted by molar-refractivity contribution is -0.141. The number of carbonyl (C=O) groups is 1. The van der Waals surface area contributed by atoms with Crippen LogP contribution < -0.4 is 16.2 Å². The summed E-state index contributed by atoms with van der Waals surface area (Å²) in [5.74, 6) is 0.446. The van der Waals surface area contributed by atoms with Gasteiger partial charge in [0.1, 0.15) is 24.3 Å². The summed E-state index contributed by atoms with van der Waals surface area (Å²) in [7, 11) is 1.92. The summed E-state index contributed by atoms with van der Waals surface area (Å²) in [5.41, 5.74) is 0.527. The van der Waals surface area contributed by atoms with Gasteiger partial charge in [0.15, 0.2) is 0 Å². The molecule has 1 spiro atoms. The molecule has 2 aromatic heterocycles. The second-order valence-electron chi connectivity index (χ2n) is 11.9. The van der Waals surface area contributed by atoms with E-state index in [9.17, 15) is 22.8 Å². The lowest BCUT2D eigenvalue weighted by Gasteiger charge is -2.60. The summed E-state index contributed by atoms with van der Waals surface area (Å²) in [5, 5.41) is 14.4. The molecule has 0 aliphatic heterocycles. The van der Waals surface area contributed by atoms with Gasteiger partial charge in [0.05, 0.1) is 5.41 Å². The third-order valence-corrected chi connectivity index (χ3v) is 8.20. The third-order valence-electron chi connectivity index (χ3n) is 8.20. The van der Waals surface area contributed by atoms with E-state index in [0.717, 1.165) is 30.4 Å². The summed E-state index contributed by atoms with van der Waals surface area (Å²) in [6, 6.07) is 8.80. The van der Waals surface area contributed by atoms with Crippen molar-refractivity contribution >= 4 is 11.6 Å². The fraction of sp³-hybridized carbons (Fsp3) is 0.517. The van der Waals surface area contributed by atoms with Gasteiger partial charge in [-0.15, -0.1) is 10.2 Å². The monoisotopic (exact) mass is 556 g/mol. The van der Waals surface area contributed by atoms with E-state index < -0.39 is 24.2 Å². The lowest BCUT2D eigenvalue weighted by Crippen LogP contribution is -2.54. The van der Waals surface area contributed by atoms with E-state index in [1.807, 2.05) is 43.7 Å². The van der Waals surface area contributed by atoms with Crippen LogP contribution in [0.25, 0.3) is 0 Å². The van der Waals surface area contributed by atoms with Crippen molar-refractivity contribution in [1.29, 1.82) is 0 Å². The number of anilines is 1. The van der Waals surface area contributed by atoms with Crippen molar-refractivity contribution in [1.82, 2.24) is 24.6 Å². The Morgan fingerprint density at radius 3 is 2.52 bits per heavy atom. The van der Waals surface area contributed by atoms with E-state index >= 15 is 0 Å². The second-order valence-corrected chi connectivity index (χ2v) is 11.9. The normalized spacial score (nSPS) is 17.5. The minimum absolute atomic E-state index is 0.230. The minimum Gasteiger partial charge on any atom is -0.322 e. The standard InChI is InChI=1S/C29H35F3N6O2/c1-19(2)12-33-13-20-10-23(25(40)38(14-20)17-29(30,31)32)24(39)35-22-7-4-6-21(11-22)28(26-36-34-18-37(26)3)15-27(16-28)8-5-9-27/h4,6-7,10-11,14,18-19,33H,5,8-9,12-13,15-17H2,1-3H3,(H,35,39). The van der Waals surface area contributed by atoms with Gasteiger partial charge < -0.3 is 19.8 Å². The molecule has 0 saturated heterocycles. The number of benzene rings is 1. The zero-order valence-electron chi connectivity index (χ0n) is 23.0. The van der Waals surface area contributed by atoms with Crippen molar-refractivity contribution in [3.8, 4) is 0 Å². The second kappa shape index (κ2) is 10.5. The minimum atomic E-state index is -4.61. The molecule has 2 aliphatic rings. The molecule has 2 aliphatic carbocycles. The van der Waals surface area contributed by atoms with Crippen LogP contribution in [0, 0.1) is 11.3 Å². The third kappa shape index (κ3) is 5.56. The molecule has 5 rings (SSSR count). The summed E-state index contributed by atoms with van der Waals surface area (Å²) >= 11 is 0. The average molecular weight is 557 g/mol. The molecular weight excluding hydrogens is 521 g/mol. The Hall–Kier alpha value is -3.47. The van der Waals surface area contributed by atoms with Crippen LogP contribution in [0.3, 0.4) is 0 Å². The van der Waals surface area contributed by atoms with Crippen molar-refractivity contribution in [2.45, 2.75) is 70.6 Å². The smallest absolute Gasteiger partial charge is 0.322 e. The summed E-state index contributed by atoms with van der Waals surface area (Å²) in [6.45, 7) is 3.42. The zero-order chi connectivity index (χ0) is 28.7. The molecule has 0 bridgehead atoms. The Labute approximate surface area is 231 Å². The van der Waals surface area contributed by atoms with Crippen molar-refractivity contribution in [2.75, 3.05) is 11.9 Å². The van der Waals surface area contributed by atoms with E-state index in [2.05, 4.69) is 20.8 Å². The van der Waals surface area contributed by atoms with Gasteiger partial charge in [-0.3, -0.25) is 9.59 Å². The molecule has 0 atom stereocenters. The predicted molar refractivity (Wildman–Crippen MR) is 145 cm³/mol. The number of pyridine rings is 1. The maximum atomic E-state index is 13.3. The number of nitrogens with one attached hydrogen (secondary N) is 2. The van der Waals surface area contributed by atoms with Crippen LogP contribution in [0.15, 0.2) is 47.7 Å². The van der Waals surface area contributed by atoms with Gasteiger partial charge in [-0.05, 0) is 72.9 Å². The molecule has 11 heteroatoms. The van der Waals surface area contributed by atoms with E-state index in [4.69, 9.17) is 0 Å². The number of aryl methyl sites for hydroxylation is 1. The van der Waals surface area contributed by atoms with Gasteiger partial charge in [0, 0.05) is 25.5 Å². The van der Waals surface area contributed by atoms with Crippen LogP contribution in [0.2, 0.25) is 0 Å². The van der Waals surface area contributed by atoms with Crippen LogP contribution in [0.1, 0.15) is 73.3 Å². The number of rotatable bonds is 9. The van der Waals surface area contributed by atoms with Crippen molar-refractivity contribution in [2.24, 2.45) is 18.4 Å². The fourth-order valence-corrected chi connectivity index (χ4v) is 6.33. The number of nitrogens with zero attached hydrogens (tertiary/aromatic N) is 4. The first-order valence-corrected chi connectivity index (χ1v) is 13.7. The molecule has 0 radical (unpaired) electrons.